The summed E-state index contributed by atoms with van der Waals surface area (Å²) in [5.41, 5.74) is 7.93. The molecule has 1 aromatic carbocycles. The third-order valence-corrected chi connectivity index (χ3v) is 6.19. The van der Waals surface area contributed by atoms with Crippen LogP contribution in [0.5, 0.6) is 0 Å². The van der Waals surface area contributed by atoms with Gasteiger partial charge < -0.3 is 15.5 Å². The number of benzene rings is 1. The third-order valence-electron chi connectivity index (χ3n) is 5.24. The van der Waals surface area contributed by atoms with Gasteiger partial charge in [-0.2, -0.15) is 0 Å². The summed E-state index contributed by atoms with van der Waals surface area (Å²) in [7, 11) is 0. The number of allylic oxidation sites excluding steroid dienone is 3. The van der Waals surface area contributed by atoms with E-state index in [0.29, 0.717) is 30.3 Å². The lowest BCUT2D eigenvalue weighted by atomic mass is 9.99. The third kappa shape index (κ3) is 6.78. The quantitative estimate of drug-likeness (QED) is 0.372. The summed E-state index contributed by atoms with van der Waals surface area (Å²) in [5, 5.41) is 2.96. The number of terminal acetylenes is 1. The van der Waals surface area contributed by atoms with Gasteiger partial charge in [-0.1, -0.05) is 18.2 Å². The minimum atomic E-state index is -0.331. The number of piperidine rings is 1. The number of nitrogens with zero attached hydrogens (tertiary/aromatic N) is 3. The maximum atomic E-state index is 13.4. The van der Waals surface area contributed by atoms with Gasteiger partial charge in [0.1, 0.15) is 5.82 Å². The average Bonchev–Trinajstić information content (AvgIpc) is 3.31. The van der Waals surface area contributed by atoms with Gasteiger partial charge in [0.05, 0.1) is 12.2 Å². The molecule has 7 heteroatoms. The number of halogens is 1. The Morgan fingerprint density at radius 2 is 2.09 bits per heavy atom. The number of amides is 1. The van der Waals surface area contributed by atoms with Crippen LogP contribution in [0.25, 0.3) is 0 Å². The Balaban J connectivity index is 0.00000176. The van der Waals surface area contributed by atoms with Crippen molar-refractivity contribution in [3.05, 3.63) is 65.0 Å². The van der Waals surface area contributed by atoms with Crippen LogP contribution in [0, 0.1) is 24.6 Å². The Morgan fingerprint density at radius 3 is 2.75 bits per heavy atom. The van der Waals surface area contributed by atoms with Gasteiger partial charge in [0.2, 0.25) is 0 Å². The lowest BCUT2D eigenvalue weighted by molar-refractivity contribution is -0.115. The Labute approximate surface area is 194 Å². The molecule has 32 heavy (non-hydrogen) atoms. The van der Waals surface area contributed by atoms with Crippen molar-refractivity contribution in [2.75, 3.05) is 29.4 Å². The van der Waals surface area contributed by atoms with Gasteiger partial charge in [0.25, 0.3) is 5.91 Å². The van der Waals surface area contributed by atoms with E-state index in [4.69, 9.17) is 10.7 Å². The fourth-order valence-electron chi connectivity index (χ4n) is 3.53. The van der Waals surface area contributed by atoms with Crippen molar-refractivity contribution in [2.45, 2.75) is 33.2 Å². The number of rotatable bonds is 7. The van der Waals surface area contributed by atoms with E-state index in [-0.39, 0.29) is 11.7 Å². The first-order valence-corrected chi connectivity index (χ1v) is 11.5. The topological polar surface area (TPSA) is 62.5 Å². The number of hydrogen-bond acceptors (Lipinski definition) is 5. The van der Waals surface area contributed by atoms with Gasteiger partial charge in [-0.25, -0.2) is 9.37 Å². The van der Waals surface area contributed by atoms with Crippen LogP contribution in [0.2, 0.25) is 0 Å². The standard InChI is InChI=1S/C23H29FN4OS.C2H2/c1-3-4-6-17(2)22(29)28(21-10-8-19(24)9-11-21)15-20-16-30-23(26-20)27-12-5-7-18(13-25)14-27;1-2/h3-4,6,8-11,16,18H,5,7,12-15,25H2,1-2H3;1-2H/b4-3-,17-6+;. The molecule has 3 rings (SSSR count). The summed E-state index contributed by atoms with van der Waals surface area (Å²) >= 11 is 1.59. The molecular weight excluding hydrogens is 423 g/mol. The molecule has 5 nitrogen and oxygen atoms in total. The predicted octanol–water partition coefficient (Wildman–Crippen LogP) is 4.76. The van der Waals surface area contributed by atoms with Crippen molar-refractivity contribution in [3.8, 4) is 12.8 Å². The summed E-state index contributed by atoms with van der Waals surface area (Å²) in [6.07, 6.45) is 15.8. The number of carbonyl (C=O) groups is 1. The summed E-state index contributed by atoms with van der Waals surface area (Å²) < 4.78 is 13.4. The number of carbonyl (C=O) groups excluding carboxylic acids is 1. The van der Waals surface area contributed by atoms with E-state index >= 15 is 0 Å². The Kier molecular flexibility index (Phi) is 10.1. The second-order valence-electron chi connectivity index (χ2n) is 7.55. The van der Waals surface area contributed by atoms with Gasteiger partial charge in [-0.15, -0.1) is 24.2 Å². The molecule has 0 radical (unpaired) electrons. The Morgan fingerprint density at radius 1 is 1.38 bits per heavy atom. The molecule has 2 aromatic rings. The number of anilines is 2. The fraction of sp³-hybridized carbons (Fsp3) is 0.360. The minimum absolute atomic E-state index is 0.129. The molecule has 1 amide bonds. The number of aromatic nitrogens is 1. The second kappa shape index (κ2) is 12.8. The normalized spacial score (nSPS) is 16.5. The molecule has 1 aliphatic rings. The van der Waals surface area contributed by atoms with Crippen LogP contribution in [-0.4, -0.2) is 30.5 Å². The van der Waals surface area contributed by atoms with Crippen molar-refractivity contribution < 1.29 is 9.18 Å². The van der Waals surface area contributed by atoms with Gasteiger partial charge in [-0.3, -0.25) is 4.79 Å². The van der Waals surface area contributed by atoms with E-state index in [1.165, 1.54) is 12.1 Å². The van der Waals surface area contributed by atoms with E-state index in [0.717, 1.165) is 36.8 Å². The molecule has 0 bridgehead atoms. The highest BCUT2D eigenvalue weighted by Crippen LogP contribution is 2.28. The molecule has 2 N–H and O–H groups in total. The molecule has 0 spiro atoms. The number of hydrogen-bond donors (Lipinski definition) is 1. The first-order chi connectivity index (χ1) is 15.5. The molecule has 1 saturated heterocycles. The van der Waals surface area contributed by atoms with E-state index < -0.39 is 0 Å². The van der Waals surface area contributed by atoms with Crippen molar-refractivity contribution in [2.24, 2.45) is 11.7 Å². The van der Waals surface area contributed by atoms with Gasteiger partial charge in [0, 0.05) is 29.7 Å². The summed E-state index contributed by atoms with van der Waals surface area (Å²) in [6.45, 7) is 6.62. The molecule has 1 aliphatic heterocycles. The van der Waals surface area contributed by atoms with Crippen LogP contribution < -0.4 is 15.5 Å². The highest BCUT2D eigenvalue weighted by molar-refractivity contribution is 7.13. The molecule has 0 saturated carbocycles. The molecule has 1 aromatic heterocycles. The van der Waals surface area contributed by atoms with Crippen molar-refractivity contribution >= 4 is 28.1 Å². The van der Waals surface area contributed by atoms with Crippen LogP contribution >= 0.6 is 11.3 Å². The molecule has 1 unspecified atom stereocenters. The van der Waals surface area contributed by atoms with Crippen LogP contribution in [0.1, 0.15) is 32.4 Å². The minimum Gasteiger partial charge on any atom is -0.348 e. The first-order valence-electron chi connectivity index (χ1n) is 10.6. The van der Waals surface area contributed by atoms with Crippen LogP contribution in [0.4, 0.5) is 15.2 Å². The van der Waals surface area contributed by atoms with Crippen molar-refractivity contribution in [3.63, 3.8) is 0 Å². The Bertz CT molecular complexity index is 948. The zero-order valence-electron chi connectivity index (χ0n) is 18.7. The largest absolute Gasteiger partial charge is 0.348 e. The highest BCUT2D eigenvalue weighted by atomic mass is 32.1. The second-order valence-corrected chi connectivity index (χ2v) is 8.39. The number of nitrogens with two attached hydrogens (primary N) is 1. The monoisotopic (exact) mass is 454 g/mol. The molecule has 170 valence electrons. The molecule has 1 atom stereocenters. The zero-order valence-corrected chi connectivity index (χ0v) is 19.5. The van der Waals surface area contributed by atoms with Crippen LogP contribution in [0.15, 0.2) is 53.4 Å². The first kappa shape index (κ1) is 25.3. The van der Waals surface area contributed by atoms with Gasteiger partial charge in [-0.05, 0) is 63.4 Å². The van der Waals surface area contributed by atoms with E-state index in [2.05, 4.69) is 17.7 Å². The predicted molar refractivity (Wildman–Crippen MR) is 132 cm³/mol. The molecular formula is C25H31FN4OS. The maximum absolute atomic E-state index is 13.4. The zero-order chi connectivity index (χ0) is 23.5. The molecule has 2 heterocycles. The summed E-state index contributed by atoms with van der Waals surface area (Å²) in [4.78, 5) is 21.8. The van der Waals surface area contributed by atoms with Crippen molar-refractivity contribution in [1.29, 1.82) is 0 Å². The smallest absolute Gasteiger partial charge is 0.254 e. The SMILES string of the molecule is C#C.C/C=C\C=C(/C)C(=O)N(Cc1csc(N2CCCC(CN)C2)n1)c1ccc(F)cc1. The van der Waals surface area contributed by atoms with Gasteiger partial charge >= 0.3 is 0 Å². The maximum Gasteiger partial charge on any atom is 0.254 e. The average molecular weight is 455 g/mol. The molecule has 1 fully saturated rings. The fourth-order valence-corrected chi connectivity index (χ4v) is 4.39. The van der Waals surface area contributed by atoms with E-state index in [1.54, 1.807) is 41.4 Å². The summed E-state index contributed by atoms with van der Waals surface area (Å²) in [6, 6.07) is 5.99. The Hall–Kier alpha value is -2.95. The van der Waals surface area contributed by atoms with Crippen LogP contribution in [0.3, 0.4) is 0 Å². The summed E-state index contributed by atoms with van der Waals surface area (Å²) in [5.74, 6) is 0.0426. The lowest BCUT2D eigenvalue weighted by Gasteiger charge is -2.31. The molecule has 0 aliphatic carbocycles. The van der Waals surface area contributed by atoms with Crippen LogP contribution in [-0.2, 0) is 11.3 Å². The number of thiazole rings is 1. The lowest BCUT2D eigenvalue weighted by Crippen LogP contribution is -2.38. The van der Waals surface area contributed by atoms with E-state index in [9.17, 15) is 9.18 Å². The van der Waals surface area contributed by atoms with Gasteiger partial charge in [0.15, 0.2) is 5.13 Å². The van der Waals surface area contributed by atoms with E-state index in [1.807, 2.05) is 24.5 Å². The van der Waals surface area contributed by atoms with Crippen molar-refractivity contribution in [1.82, 2.24) is 4.98 Å². The highest BCUT2D eigenvalue weighted by Gasteiger charge is 2.23.